The first-order chi connectivity index (χ1) is 8.70. The van der Waals surface area contributed by atoms with E-state index in [0.29, 0.717) is 17.3 Å². The predicted octanol–water partition coefficient (Wildman–Crippen LogP) is 2.92. The van der Waals surface area contributed by atoms with Gasteiger partial charge in [0.15, 0.2) is 0 Å². The number of anilines is 1. The summed E-state index contributed by atoms with van der Waals surface area (Å²) in [5, 5.41) is 3.25. The minimum atomic E-state index is -0.442. The van der Waals surface area contributed by atoms with Crippen molar-refractivity contribution < 1.29 is 13.9 Å². The van der Waals surface area contributed by atoms with Crippen molar-refractivity contribution in [2.24, 2.45) is 0 Å². The highest BCUT2D eigenvalue weighted by Crippen LogP contribution is 2.24. The summed E-state index contributed by atoms with van der Waals surface area (Å²) >= 11 is 1.92. The van der Waals surface area contributed by atoms with Gasteiger partial charge in [0, 0.05) is 6.04 Å². The lowest BCUT2D eigenvalue weighted by Gasteiger charge is -2.24. The topological polar surface area (TPSA) is 38.3 Å². The molecule has 0 radical (unpaired) electrons. The summed E-state index contributed by atoms with van der Waals surface area (Å²) in [6, 6.07) is 4.39. The molecule has 1 fully saturated rings. The molecule has 3 nitrogen and oxygen atoms in total. The van der Waals surface area contributed by atoms with Crippen LogP contribution in [0.25, 0.3) is 0 Å². The molecule has 0 bridgehead atoms. The summed E-state index contributed by atoms with van der Waals surface area (Å²) in [4.78, 5) is 11.6. The number of rotatable bonds is 3. The van der Waals surface area contributed by atoms with Gasteiger partial charge in [-0.25, -0.2) is 9.18 Å². The average Bonchev–Trinajstić information content (AvgIpc) is 2.39. The summed E-state index contributed by atoms with van der Waals surface area (Å²) in [6.45, 7) is 0. The second-order valence-corrected chi connectivity index (χ2v) is 5.44. The Labute approximate surface area is 110 Å². The number of halogens is 1. The minimum absolute atomic E-state index is 0.302. The van der Waals surface area contributed by atoms with E-state index < -0.39 is 5.97 Å². The standard InChI is InChI=1S/C13H16FNO2S/c1-17-13(16)11-3-2-9(14)8-12(11)15-10-4-6-18-7-5-10/h2-3,8,10,15H,4-7H2,1H3. The van der Waals surface area contributed by atoms with Crippen LogP contribution in [-0.4, -0.2) is 30.6 Å². The van der Waals surface area contributed by atoms with E-state index in [-0.39, 0.29) is 5.82 Å². The van der Waals surface area contributed by atoms with Crippen molar-refractivity contribution in [2.45, 2.75) is 18.9 Å². The molecule has 1 aromatic rings. The Kier molecular flexibility index (Phi) is 4.47. The van der Waals surface area contributed by atoms with Crippen LogP contribution in [0.1, 0.15) is 23.2 Å². The molecule has 0 spiro atoms. The Hall–Kier alpha value is -1.23. The Morgan fingerprint density at radius 2 is 2.17 bits per heavy atom. The molecular formula is C13H16FNO2S. The van der Waals surface area contributed by atoms with Crippen LogP contribution in [0.2, 0.25) is 0 Å². The van der Waals surface area contributed by atoms with Gasteiger partial charge in [-0.05, 0) is 42.5 Å². The van der Waals surface area contributed by atoms with Gasteiger partial charge in [-0.2, -0.15) is 11.8 Å². The van der Waals surface area contributed by atoms with Gasteiger partial charge in [0.2, 0.25) is 0 Å². The van der Waals surface area contributed by atoms with Crippen molar-refractivity contribution >= 4 is 23.4 Å². The first-order valence-corrected chi connectivity index (χ1v) is 7.08. The Morgan fingerprint density at radius 3 is 2.83 bits per heavy atom. The molecule has 18 heavy (non-hydrogen) atoms. The highest BCUT2D eigenvalue weighted by molar-refractivity contribution is 7.99. The molecule has 0 amide bonds. The van der Waals surface area contributed by atoms with Gasteiger partial charge in [-0.3, -0.25) is 0 Å². The van der Waals surface area contributed by atoms with Gasteiger partial charge in [0.1, 0.15) is 5.82 Å². The van der Waals surface area contributed by atoms with E-state index in [9.17, 15) is 9.18 Å². The first-order valence-electron chi connectivity index (χ1n) is 5.93. The van der Waals surface area contributed by atoms with Gasteiger partial charge in [-0.1, -0.05) is 0 Å². The van der Waals surface area contributed by atoms with E-state index in [0.717, 1.165) is 24.3 Å². The van der Waals surface area contributed by atoms with Crippen LogP contribution in [0.15, 0.2) is 18.2 Å². The maximum absolute atomic E-state index is 13.3. The largest absolute Gasteiger partial charge is 0.465 e. The molecule has 1 N–H and O–H groups in total. The molecule has 5 heteroatoms. The fourth-order valence-corrected chi connectivity index (χ4v) is 3.09. The number of carbonyl (C=O) groups is 1. The maximum atomic E-state index is 13.3. The number of thioether (sulfide) groups is 1. The second-order valence-electron chi connectivity index (χ2n) is 4.21. The van der Waals surface area contributed by atoms with Crippen LogP contribution >= 0.6 is 11.8 Å². The van der Waals surface area contributed by atoms with Gasteiger partial charge < -0.3 is 10.1 Å². The Morgan fingerprint density at radius 1 is 1.44 bits per heavy atom. The molecule has 0 atom stereocenters. The lowest BCUT2D eigenvalue weighted by molar-refractivity contribution is 0.0601. The molecule has 0 aliphatic carbocycles. The van der Waals surface area contributed by atoms with Crippen LogP contribution in [-0.2, 0) is 4.74 Å². The summed E-state index contributed by atoms with van der Waals surface area (Å²) in [6.07, 6.45) is 2.06. The first kappa shape index (κ1) is 13.2. The lowest BCUT2D eigenvalue weighted by atomic mass is 10.1. The van der Waals surface area contributed by atoms with E-state index in [2.05, 4.69) is 5.32 Å². The van der Waals surface area contributed by atoms with Crippen molar-refractivity contribution in [3.63, 3.8) is 0 Å². The van der Waals surface area contributed by atoms with E-state index in [1.165, 1.54) is 25.3 Å². The predicted molar refractivity (Wildman–Crippen MR) is 71.7 cm³/mol. The minimum Gasteiger partial charge on any atom is -0.465 e. The van der Waals surface area contributed by atoms with Crippen LogP contribution in [0.5, 0.6) is 0 Å². The number of methoxy groups -OCH3 is 1. The smallest absolute Gasteiger partial charge is 0.339 e. The summed E-state index contributed by atoms with van der Waals surface area (Å²) in [7, 11) is 1.33. The molecule has 1 saturated heterocycles. The summed E-state index contributed by atoms with van der Waals surface area (Å²) in [5.74, 6) is 1.40. The molecule has 1 aliphatic heterocycles. The number of esters is 1. The third kappa shape index (κ3) is 3.16. The summed E-state index contributed by atoms with van der Waals surface area (Å²) < 4.78 is 18.0. The Balaban J connectivity index is 2.18. The third-order valence-corrected chi connectivity index (χ3v) is 4.02. The van der Waals surface area contributed by atoms with E-state index in [1.54, 1.807) is 0 Å². The van der Waals surface area contributed by atoms with Gasteiger partial charge in [0.25, 0.3) is 0 Å². The van der Waals surface area contributed by atoms with Gasteiger partial charge >= 0.3 is 5.97 Å². The quantitative estimate of drug-likeness (QED) is 0.856. The fraction of sp³-hybridized carbons (Fsp3) is 0.462. The second kappa shape index (κ2) is 6.09. The van der Waals surface area contributed by atoms with Crippen molar-refractivity contribution in [1.82, 2.24) is 0 Å². The number of ether oxygens (including phenoxy) is 1. The fourth-order valence-electron chi connectivity index (χ4n) is 1.99. The zero-order valence-corrected chi connectivity index (χ0v) is 11.1. The number of carbonyl (C=O) groups excluding carboxylic acids is 1. The zero-order valence-electron chi connectivity index (χ0n) is 10.2. The van der Waals surface area contributed by atoms with Crippen molar-refractivity contribution in [2.75, 3.05) is 23.9 Å². The molecule has 98 valence electrons. The van der Waals surface area contributed by atoms with Crippen LogP contribution in [0, 0.1) is 5.82 Å². The SMILES string of the molecule is COC(=O)c1ccc(F)cc1NC1CCSCC1. The summed E-state index contributed by atoms with van der Waals surface area (Å²) in [5.41, 5.74) is 0.913. The number of hydrogen-bond acceptors (Lipinski definition) is 4. The van der Waals surface area contributed by atoms with Crippen molar-refractivity contribution in [1.29, 1.82) is 0 Å². The van der Waals surface area contributed by atoms with E-state index >= 15 is 0 Å². The Bertz CT molecular complexity index is 433. The van der Waals surface area contributed by atoms with Crippen molar-refractivity contribution in [3.05, 3.63) is 29.6 Å². The van der Waals surface area contributed by atoms with Crippen LogP contribution in [0.3, 0.4) is 0 Å². The van der Waals surface area contributed by atoms with Gasteiger partial charge in [-0.15, -0.1) is 0 Å². The molecular weight excluding hydrogens is 253 g/mol. The molecule has 0 aromatic heterocycles. The molecule has 1 aromatic carbocycles. The monoisotopic (exact) mass is 269 g/mol. The van der Waals surface area contributed by atoms with E-state index in [4.69, 9.17) is 4.74 Å². The number of benzene rings is 1. The average molecular weight is 269 g/mol. The molecule has 1 heterocycles. The van der Waals surface area contributed by atoms with E-state index in [1.807, 2.05) is 11.8 Å². The molecule has 0 saturated carbocycles. The molecule has 2 rings (SSSR count). The molecule has 0 unspecified atom stereocenters. The number of nitrogens with one attached hydrogen (secondary N) is 1. The van der Waals surface area contributed by atoms with Crippen LogP contribution in [0.4, 0.5) is 10.1 Å². The normalized spacial score (nSPS) is 16.3. The highest BCUT2D eigenvalue weighted by Gasteiger charge is 2.18. The lowest BCUT2D eigenvalue weighted by Crippen LogP contribution is -2.25. The van der Waals surface area contributed by atoms with Crippen molar-refractivity contribution in [3.8, 4) is 0 Å². The van der Waals surface area contributed by atoms with Gasteiger partial charge in [0.05, 0.1) is 18.4 Å². The maximum Gasteiger partial charge on any atom is 0.339 e. The molecule has 1 aliphatic rings. The number of hydrogen-bond donors (Lipinski definition) is 1. The highest BCUT2D eigenvalue weighted by atomic mass is 32.2. The third-order valence-electron chi connectivity index (χ3n) is 2.97. The van der Waals surface area contributed by atoms with Crippen LogP contribution < -0.4 is 5.32 Å². The zero-order chi connectivity index (χ0) is 13.0.